The molecule has 1 heterocycles. The molecule has 2 N–H and O–H groups in total. The maximum absolute atomic E-state index is 12.2. The zero-order chi connectivity index (χ0) is 16.9. The van der Waals surface area contributed by atoms with E-state index in [0.717, 1.165) is 6.42 Å². The molecule has 1 aliphatic carbocycles. The summed E-state index contributed by atoms with van der Waals surface area (Å²) >= 11 is 0. The number of hydrogen-bond donors (Lipinski definition) is 2. The second-order valence-electron chi connectivity index (χ2n) is 6.47. The molecule has 2 atom stereocenters. The second kappa shape index (κ2) is 7.66. The molecular weight excluding hydrogens is 308 g/mol. The highest BCUT2D eigenvalue weighted by Crippen LogP contribution is 2.28. The number of ether oxygens (including phenoxy) is 2. The fourth-order valence-electron chi connectivity index (χ4n) is 3.22. The van der Waals surface area contributed by atoms with Gasteiger partial charge in [0.15, 0.2) is 6.61 Å². The Balaban J connectivity index is 1.46. The van der Waals surface area contributed by atoms with Gasteiger partial charge in [-0.1, -0.05) is 19.8 Å². The number of fused-ring (bicyclic) bond motifs is 1. The van der Waals surface area contributed by atoms with Crippen LogP contribution in [0.5, 0.6) is 5.75 Å². The molecule has 6 heteroatoms. The molecule has 130 valence electrons. The molecule has 0 bridgehead atoms. The van der Waals surface area contributed by atoms with Gasteiger partial charge >= 0.3 is 0 Å². The van der Waals surface area contributed by atoms with E-state index < -0.39 is 0 Å². The normalized spacial score (nSPS) is 23.0. The Hall–Kier alpha value is -2.08. The van der Waals surface area contributed by atoms with Crippen molar-refractivity contribution < 1.29 is 19.1 Å². The van der Waals surface area contributed by atoms with E-state index in [1.54, 1.807) is 18.2 Å². The predicted octanol–water partition coefficient (Wildman–Crippen LogP) is 2.34. The van der Waals surface area contributed by atoms with E-state index in [9.17, 15) is 9.59 Å². The largest absolute Gasteiger partial charge is 0.482 e. The zero-order valence-electron chi connectivity index (χ0n) is 14.0. The van der Waals surface area contributed by atoms with Gasteiger partial charge in [-0.05, 0) is 37.0 Å². The van der Waals surface area contributed by atoms with Gasteiger partial charge in [0, 0.05) is 12.1 Å². The second-order valence-corrected chi connectivity index (χ2v) is 6.47. The van der Waals surface area contributed by atoms with Crippen LogP contribution < -0.4 is 15.4 Å². The van der Waals surface area contributed by atoms with Crippen LogP contribution in [0.25, 0.3) is 0 Å². The number of nitrogens with one attached hydrogen (secondary N) is 2. The number of benzene rings is 1. The van der Waals surface area contributed by atoms with Crippen LogP contribution in [-0.4, -0.2) is 37.7 Å². The van der Waals surface area contributed by atoms with Crippen molar-refractivity contribution >= 4 is 17.5 Å². The Morgan fingerprint density at radius 3 is 3.04 bits per heavy atom. The summed E-state index contributed by atoms with van der Waals surface area (Å²) in [6.07, 6.45) is 5.17. The average Bonchev–Trinajstić information content (AvgIpc) is 2.59. The van der Waals surface area contributed by atoms with Gasteiger partial charge in [-0.15, -0.1) is 0 Å². The predicted molar refractivity (Wildman–Crippen MR) is 90.3 cm³/mol. The van der Waals surface area contributed by atoms with E-state index in [1.165, 1.54) is 19.3 Å². The number of carbonyl (C=O) groups excluding carboxylic acids is 2. The van der Waals surface area contributed by atoms with E-state index in [1.807, 2.05) is 0 Å². The van der Waals surface area contributed by atoms with Crippen molar-refractivity contribution in [3.63, 3.8) is 0 Å². The van der Waals surface area contributed by atoms with E-state index in [0.29, 0.717) is 42.2 Å². The van der Waals surface area contributed by atoms with Crippen molar-refractivity contribution in [3.8, 4) is 5.75 Å². The topological polar surface area (TPSA) is 76.7 Å². The van der Waals surface area contributed by atoms with Crippen LogP contribution in [0, 0.1) is 5.92 Å². The lowest BCUT2D eigenvalue weighted by Crippen LogP contribution is -2.32. The number of hydrogen-bond acceptors (Lipinski definition) is 4. The molecule has 1 aromatic carbocycles. The van der Waals surface area contributed by atoms with Crippen LogP contribution in [0.4, 0.5) is 5.69 Å². The summed E-state index contributed by atoms with van der Waals surface area (Å²) in [6.45, 7) is 3.22. The summed E-state index contributed by atoms with van der Waals surface area (Å²) in [5.74, 6) is 0.768. The Labute approximate surface area is 141 Å². The van der Waals surface area contributed by atoms with Crippen LogP contribution in [-0.2, 0) is 9.53 Å². The summed E-state index contributed by atoms with van der Waals surface area (Å²) in [5, 5.41) is 5.57. The molecule has 24 heavy (non-hydrogen) atoms. The van der Waals surface area contributed by atoms with Gasteiger partial charge in [0.05, 0.1) is 18.4 Å². The van der Waals surface area contributed by atoms with Crippen molar-refractivity contribution in [1.82, 2.24) is 5.32 Å². The van der Waals surface area contributed by atoms with Crippen LogP contribution >= 0.6 is 0 Å². The monoisotopic (exact) mass is 332 g/mol. The van der Waals surface area contributed by atoms with Gasteiger partial charge in [0.2, 0.25) is 0 Å². The molecule has 0 aromatic heterocycles. The Morgan fingerprint density at radius 1 is 1.38 bits per heavy atom. The van der Waals surface area contributed by atoms with Gasteiger partial charge < -0.3 is 20.1 Å². The Bertz CT molecular complexity index is 617. The van der Waals surface area contributed by atoms with Crippen molar-refractivity contribution in [2.45, 2.75) is 38.7 Å². The minimum absolute atomic E-state index is 0.0223. The molecule has 1 aromatic rings. The zero-order valence-corrected chi connectivity index (χ0v) is 14.0. The van der Waals surface area contributed by atoms with Gasteiger partial charge in [-0.3, -0.25) is 9.59 Å². The van der Waals surface area contributed by atoms with E-state index in [4.69, 9.17) is 9.47 Å². The van der Waals surface area contributed by atoms with Crippen molar-refractivity contribution in [2.24, 2.45) is 5.92 Å². The third-order valence-corrected chi connectivity index (χ3v) is 4.63. The first-order chi connectivity index (χ1) is 11.6. The van der Waals surface area contributed by atoms with Gasteiger partial charge in [-0.25, -0.2) is 0 Å². The maximum atomic E-state index is 12.2. The number of amides is 2. The molecule has 2 amide bonds. The van der Waals surface area contributed by atoms with Crippen LogP contribution in [0.15, 0.2) is 18.2 Å². The summed E-state index contributed by atoms with van der Waals surface area (Å²) in [5.41, 5.74) is 1.10. The smallest absolute Gasteiger partial charge is 0.262 e. The van der Waals surface area contributed by atoms with Crippen LogP contribution in [0.2, 0.25) is 0 Å². The molecule has 3 rings (SSSR count). The van der Waals surface area contributed by atoms with Crippen molar-refractivity contribution in [1.29, 1.82) is 0 Å². The molecule has 1 saturated carbocycles. The quantitative estimate of drug-likeness (QED) is 0.812. The van der Waals surface area contributed by atoms with Crippen LogP contribution in [0.3, 0.4) is 0 Å². The van der Waals surface area contributed by atoms with Crippen molar-refractivity contribution in [3.05, 3.63) is 23.8 Å². The van der Waals surface area contributed by atoms with Crippen molar-refractivity contribution in [2.75, 3.05) is 25.1 Å². The lowest BCUT2D eigenvalue weighted by atomic mass is 9.88. The third-order valence-electron chi connectivity index (χ3n) is 4.63. The summed E-state index contributed by atoms with van der Waals surface area (Å²) in [6, 6.07) is 5.00. The molecule has 1 aliphatic heterocycles. The summed E-state index contributed by atoms with van der Waals surface area (Å²) in [4.78, 5) is 23.4. The molecule has 1 fully saturated rings. The van der Waals surface area contributed by atoms with E-state index in [2.05, 4.69) is 17.6 Å². The highest BCUT2D eigenvalue weighted by atomic mass is 16.5. The first-order valence-electron chi connectivity index (χ1n) is 8.60. The fourth-order valence-corrected chi connectivity index (χ4v) is 3.22. The maximum Gasteiger partial charge on any atom is 0.262 e. The van der Waals surface area contributed by atoms with Gasteiger partial charge in [0.1, 0.15) is 5.75 Å². The highest BCUT2D eigenvalue weighted by Gasteiger charge is 2.21. The Kier molecular flexibility index (Phi) is 5.35. The highest BCUT2D eigenvalue weighted by molar-refractivity contribution is 5.98. The number of anilines is 1. The first kappa shape index (κ1) is 16.8. The summed E-state index contributed by atoms with van der Waals surface area (Å²) < 4.78 is 11.2. The van der Waals surface area contributed by atoms with E-state index >= 15 is 0 Å². The molecular formula is C18H24N2O4. The fraction of sp³-hybridized carbons (Fsp3) is 0.556. The molecule has 0 spiro atoms. The van der Waals surface area contributed by atoms with Gasteiger partial charge in [0.25, 0.3) is 11.8 Å². The summed E-state index contributed by atoms with van der Waals surface area (Å²) in [7, 11) is 0. The third kappa shape index (κ3) is 4.06. The minimum atomic E-state index is -0.186. The molecule has 6 nitrogen and oxygen atoms in total. The molecule has 0 radical (unpaired) electrons. The number of rotatable bonds is 5. The first-order valence-corrected chi connectivity index (χ1v) is 8.60. The van der Waals surface area contributed by atoms with E-state index in [-0.39, 0.29) is 18.4 Å². The minimum Gasteiger partial charge on any atom is -0.482 e. The lowest BCUT2D eigenvalue weighted by Gasteiger charge is -2.28. The molecule has 2 aliphatic rings. The SMILES string of the molecule is C[C@@H]1CCCC[C@@H]1OCCNC(=O)c1ccc2c(c1)OCC(=O)N2. The lowest BCUT2D eigenvalue weighted by molar-refractivity contribution is -0.118. The standard InChI is InChI=1S/C18H24N2O4/c1-12-4-2-3-5-15(12)23-9-8-19-18(22)13-6-7-14-16(10-13)24-11-17(21)20-14/h6-7,10,12,15H,2-5,8-9,11H2,1H3,(H,19,22)(H,20,21)/t12-,15+/m1/s1. The van der Waals surface area contributed by atoms with Crippen LogP contribution in [0.1, 0.15) is 43.0 Å². The average molecular weight is 332 g/mol. The molecule has 0 unspecified atom stereocenters. The number of carbonyl (C=O) groups is 2. The Morgan fingerprint density at radius 2 is 2.21 bits per heavy atom. The molecule has 0 saturated heterocycles. The van der Waals surface area contributed by atoms with Gasteiger partial charge in [-0.2, -0.15) is 0 Å².